The molecule has 32 heavy (non-hydrogen) atoms. The molecule has 3 aromatic carbocycles. The van der Waals surface area contributed by atoms with Crippen LogP contribution in [0.3, 0.4) is 0 Å². The van der Waals surface area contributed by atoms with Crippen LogP contribution in [0.15, 0.2) is 60.7 Å². The number of aromatic carboxylic acids is 1. The molecule has 0 bridgehead atoms. The van der Waals surface area contributed by atoms with Crippen LogP contribution in [0.1, 0.15) is 35.3 Å². The number of hydrogen-bond acceptors (Lipinski definition) is 3. The van der Waals surface area contributed by atoms with Crippen LogP contribution >= 0.6 is 0 Å². The molecule has 0 aliphatic rings. The van der Waals surface area contributed by atoms with Crippen molar-refractivity contribution in [3.8, 4) is 16.9 Å². The minimum Gasteiger partial charge on any atom is -0.507 e. The molecule has 3 N–H and O–H groups in total. The average Bonchev–Trinajstić information content (AvgIpc) is 2.70. The van der Waals surface area contributed by atoms with E-state index >= 15 is 0 Å². The number of hydrogen-bond donors (Lipinski definition) is 3. The lowest BCUT2D eigenvalue weighted by Gasteiger charge is -2.06. The van der Waals surface area contributed by atoms with Crippen LogP contribution in [0.5, 0.6) is 5.75 Å². The van der Waals surface area contributed by atoms with Gasteiger partial charge < -0.3 is 15.3 Å². The van der Waals surface area contributed by atoms with Gasteiger partial charge in [0.15, 0.2) is 0 Å². The maximum absolute atomic E-state index is 13.5. The molecule has 0 atom stereocenters. The molecule has 5 nitrogen and oxygen atoms in total. The predicted molar refractivity (Wildman–Crippen MR) is 117 cm³/mol. The molecule has 0 saturated heterocycles. The first-order chi connectivity index (χ1) is 15.1. The third kappa shape index (κ3) is 7.19. The van der Waals surface area contributed by atoms with Gasteiger partial charge in [0.2, 0.25) is 0 Å². The molecule has 0 saturated carbocycles. The maximum Gasteiger partial charge on any atom is 0.339 e. The number of carboxylic acid groups (broad SMARTS) is 2. The van der Waals surface area contributed by atoms with Crippen molar-refractivity contribution < 1.29 is 33.7 Å². The molecule has 3 aromatic rings. The van der Waals surface area contributed by atoms with Crippen molar-refractivity contribution in [2.75, 3.05) is 0 Å². The normalized spacial score (nSPS) is 10.4. The van der Waals surface area contributed by atoms with Crippen molar-refractivity contribution in [3.05, 3.63) is 89.0 Å². The SMILES string of the molecule is CC(C)Cc1ccc(CC(=O)O)cc1.O=C(O)c1cc(-c2ccc(F)cc2F)ccc1O. The van der Waals surface area contributed by atoms with Gasteiger partial charge in [0.1, 0.15) is 22.9 Å². The lowest BCUT2D eigenvalue weighted by Crippen LogP contribution is -2.00. The Morgan fingerprint density at radius 3 is 2.03 bits per heavy atom. The van der Waals surface area contributed by atoms with Crippen LogP contribution in [0.2, 0.25) is 0 Å². The van der Waals surface area contributed by atoms with Crippen LogP contribution in [0, 0.1) is 17.6 Å². The minimum absolute atomic E-state index is 0.0684. The summed E-state index contributed by atoms with van der Waals surface area (Å²) >= 11 is 0. The third-order valence-electron chi connectivity index (χ3n) is 4.49. The van der Waals surface area contributed by atoms with Gasteiger partial charge >= 0.3 is 11.9 Å². The van der Waals surface area contributed by atoms with Gasteiger partial charge in [-0.15, -0.1) is 0 Å². The molecule has 0 radical (unpaired) electrons. The number of benzene rings is 3. The zero-order chi connectivity index (χ0) is 23.8. The van der Waals surface area contributed by atoms with Gasteiger partial charge in [-0.05, 0) is 53.3 Å². The van der Waals surface area contributed by atoms with Gasteiger partial charge in [-0.2, -0.15) is 0 Å². The lowest BCUT2D eigenvalue weighted by molar-refractivity contribution is -0.136. The first kappa shape index (κ1) is 24.5. The van der Waals surface area contributed by atoms with Crippen LogP contribution < -0.4 is 0 Å². The monoisotopic (exact) mass is 442 g/mol. The minimum atomic E-state index is -1.32. The number of carboxylic acids is 2. The fraction of sp³-hybridized carbons (Fsp3) is 0.200. The molecule has 0 aromatic heterocycles. The van der Waals surface area contributed by atoms with E-state index in [2.05, 4.69) is 13.8 Å². The molecule has 7 heteroatoms. The van der Waals surface area contributed by atoms with Gasteiger partial charge in [-0.3, -0.25) is 4.79 Å². The highest BCUT2D eigenvalue weighted by molar-refractivity contribution is 5.92. The molecular weight excluding hydrogens is 418 g/mol. The van der Waals surface area contributed by atoms with Gasteiger partial charge in [-0.1, -0.05) is 44.2 Å². The van der Waals surface area contributed by atoms with Gasteiger partial charge in [0.05, 0.1) is 6.42 Å². The van der Waals surface area contributed by atoms with Crippen molar-refractivity contribution >= 4 is 11.9 Å². The standard InChI is InChI=1S/C13H8F2O3.C12H16O2/c14-8-2-3-9(11(15)6-8)7-1-4-12(16)10(5-7)13(17)18;1-9(2)7-10-3-5-11(6-4-10)8-12(13)14/h1-6,16H,(H,17,18);3-6,9H,7-8H2,1-2H3,(H,13,14). The number of rotatable bonds is 6. The molecule has 0 spiro atoms. The summed E-state index contributed by atoms with van der Waals surface area (Å²) in [6, 6.07) is 14.5. The highest BCUT2D eigenvalue weighted by Gasteiger charge is 2.13. The fourth-order valence-electron chi connectivity index (χ4n) is 3.04. The summed E-state index contributed by atoms with van der Waals surface area (Å²) in [6.45, 7) is 4.34. The topological polar surface area (TPSA) is 94.8 Å². The first-order valence-electron chi connectivity index (χ1n) is 9.88. The van der Waals surface area contributed by atoms with Crippen molar-refractivity contribution in [1.82, 2.24) is 0 Å². The predicted octanol–water partition coefficient (Wildman–Crippen LogP) is 5.55. The van der Waals surface area contributed by atoms with Crippen LogP contribution in [0.4, 0.5) is 8.78 Å². The summed E-state index contributed by atoms with van der Waals surface area (Å²) < 4.78 is 26.3. The first-order valence-corrected chi connectivity index (χ1v) is 9.88. The van der Waals surface area contributed by atoms with Crippen LogP contribution in [-0.2, 0) is 17.6 Å². The quantitative estimate of drug-likeness (QED) is 0.465. The summed E-state index contributed by atoms with van der Waals surface area (Å²) in [6.07, 6.45) is 1.16. The molecule has 0 aliphatic carbocycles. The van der Waals surface area contributed by atoms with E-state index in [4.69, 9.17) is 10.2 Å². The Balaban J connectivity index is 0.000000235. The molecule has 0 unspecified atom stereocenters. The number of aromatic hydroxyl groups is 1. The van der Waals surface area contributed by atoms with E-state index in [1.54, 1.807) is 0 Å². The van der Waals surface area contributed by atoms with Crippen molar-refractivity contribution in [2.24, 2.45) is 5.92 Å². The van der Waals surface area contributed by atoms with Gasteiger partial charge in [-0.25, -0.2) is 13.6 Å². The molecular formula is C25H24F2O5. The zero-order valence-electron chi connectivity index (χ0n) is 17.7. The van der Waals surface area contributed by atoms with Gasteiger partial charge in [0, 0.05) is 11.6 Å². The Morgan fingerprint density at radius 2 is 1.50 bits per heavy atom. The second-order valence-corrected chi connectivity index (χ2v) is 7.65. The maximum atomic E-state index is 13.5. The Bertz CT molecular complexity index is 1090. The fourth-order valence-corrected chi connectivity index (χ4v) is 3.04. The summed E-state index contributed by atoms with van der Waals surface area (Å²) in [5.41, 5.74) is 2.12. The van der Waals surface area contributed by atoms with E-state index < -0.39 is 29.3 Å². The van der Waals surface area contributed by atoms with E-state index in [-0.39, 0.29) is 23.1 Å². The second-order valence-electron chi connectivity index (χ2n) is 7.65. The summed E-state index contributed by atoms with van der Waals surface area (Å²) in [5.74, 6) is -3.38. The molecule has 0 aliphatic heterocycles. The zero-order valence-corrected chi connectivity index (χ0v) is 17.7. The molecule has 0 fully saturated rings. The van der Waals surface area contributed by atoms with Crippen molar-refractivity contribution in [2.45, 2.75) is 26.7 Å². The Kier molecular flexibility index (Phi) is 8.46. The van der Waals surface area contributed by atoms with Crippen molar-refractivity contribution in [3.63, 3.8) is 0 Å². The Labute approximate surface area is 184 Å². The average molecular weight is 442 g/mol. The van der Waals surface area contributed by atoms with E-state index in [9.17, 15) is 23.5 Å². The Morgan fingerprint density at radius 1 is 0.875 bits per heavy atom. The lowest BCUT2D eigenvalue weighted by atomic mass is 10.0. The molecule has 168 valence electrons. The van der Waals surface area contributed by atoms with E-state index in [0.717, 1.165) is 30.2 Å². The van der Waals surface area contributed by atoms with Crippen molar-refractivity contribution in [1.29, 1.82) is 0 Å². The van der Waals surface area contributed by atoms with Crippen LogP contribution in [-0.4, -0.2) is 27.3 Å². The Hall–Kier alpha value is -3.74. The molecule has 0 amide bonds. The smallest absolute Gasteiger partial charge is 0.339 e. The summed E-state index contributed by atoms with van der Waals surface area (Å²) in [5, 5.41) is 26.7. The van der Waals surface area contributed by atoms with E-state index in [0.29, 0.717) is 12.0 Å². The third-order valence-corrected chi connectivity index (χ3v) is 4.49. The number of aliphatic carboxylic acids is 1. The van der Waals surface area contributed by atoms with Crippen LogP contribution in [0.25, 0.3) is 11.1 Å². The molecule has 0 heterocycles. The van der Waals surface area contributed by atoms with Gasteiger partial charge in [0.25, 0.3) is 0 Å². The van der Waals surface area contributed by atoms with E-state index in [1.165, 1.54) is 17.7 Å². The number of phenols is 1. The van der Waals surface area contributed by atoms with E-state index in [1.807, 2.05) is 24.3 Å². The number of carbonyl (C=O) groups is 2. The largest absolute Gasteiger partial charge is 0.507 e. The molecule has 3 rings (SSSR count). The second kappa shape index (κ2) is 11.0. The highest BCUT2D eigenvalue weighted by atomic mass is 19.1. The highest BCUT2D eigenvalue weighted by Crippen LogP contribution is 2.28. The number of halogens is 2. The summed E-state index contributed by atoms with van der Waals surface area (Å²) in [7, 11) is 0. The summed E-state index contributed by atoms with van der Waals surface area (Å²) in [4.78, 5) is 21.3.